The van der Waals surface area contributed by atoms with Crippen molar-refractivity contribution >= 4 is 0 Å². The van der Waals surface area contributed by atoms with E-state index in [0.717, 1.165) is 6.61 Å². The number of rotatable bonds is 6. The SMILES string of the molecule is COCC(NC1CCN(C(C)C)CC1)C(C)C. The highest BCUT2D eigenvalue weighted by Gasteiger charge is 2.23. The second-order valence-corrected chi connectivity index (χ2v) is 5.88. The lowest BCUT2D eigenvalue weighted by Gasteiger charge is -2.37. The Kier molecular flexibility index (Phi) is 6.45. The molecule has 1 aliphatic heterocycles. The Bertz CT molecular complexity index is 198. The first-order valence-corrected chi connectivity index (χ1v) is 7.03. The zero-order chi connectivity index (χ0) is 12.8. The number of nitrogens with zero attached hydrogens (tertiary/aromatic N) is 1. The number of hydrogen-bond acceptors (Lipinski definition) is 3. The molecule has 0 bridgehead atoms. The Morgan fingerprint density at radius 2 is 1.76 bits per heavy atom. The standard InChI is InChI=1S/C14H30N2O/c1-11(2)14(10-17-5)15-13-6-8-16(9-7-13)12(3)4/h11-15H,6-10H2,1-5H3. The number of methoxy groups -OCH3 is 1. The summed E-state index contributed by atoms with van der Waals surface area (Å²) in [6.07, 6.45) is 2.54. The molecule has 1 unspecified atom stereocenters. The van der Waals surface area contributed by atoms with Crippen molar-refractivity contribution in [2.24, 2.45) is 5.92 Å². The van der Waals surface area contributed by atoms with Gasteiger partial charge in [0, 0.05) is 25.2 Å². The van der Waals surface area contributed by atoms with Gasteiger partial charge >= 0.3 is 0 Å². The van der Waals surface area contributed by atoms with Gasteiger partial charge in [0.1, 0.15) is 0 Å². The maximum absolute atomic E-state index is 5.29. The Balaban J connectivity index is 2.33. The van der Waals surface area contributed by atoms with Gasteiger partial charge in [-0.05, 0) is 45.7 Å². The molecule has 1 N–H and O–H groups in total. The monoisotopic (exact) mass is 242 g/mol. The van der Waals surface area contributed by atoms with Crippen LogP contribution in [-0.2, 0) is 4.74 Å². The quantitative estimate of drug-likeness (QED) is 0.772. The topological polar surface area (TPSA) is 24.5 Å². The van der Waals surface area contributed by atoms with Gasteiger partial charge in [-0.3, -0.25) is 0 Å². The average Bonchev–Trinajstić information content (AvgIpc) is 2.29. The van der Waals surface area contributed by atoms with Gasteiger partial charge in [-0.25, -0.2) is 0 Å². The highest BCUT2D eigenvalue weighted by atomic mass is 16.5. The van der Waals surface area contributed by atoms with Gasteiger partial charge in [0.05, 0.1) is 6.61 Å². The molecule has 0 radical (unpaired) electrons. The molecule has 1 fully saturated rings. The maximum atomic E-state index is 5.29. The third kappa shape index (κ3) is 4.94. The number of hydrogen-bond donors (Lipinski definition) is 1. The minimum Gasteiger partial charge on any atom is -0.383 e. The van der Waals surface area contributed by atoms with Crippen molar-refractivity contribution in [3.8, 4) is 0 Å². The van der Waals surface area contributed by atoms with Crippen LogP contribution >= 0.6 is 0 Å². The molecule has 0 amide bonds. The summed E-state index contributed by atoms with van der Waals surface area (Å²) >= 11 is 0. The van der Waals surface area contributed by atoms with E-state index in [-0.39, 0.29) is 0 Å². The first-order chi connectivity index (χ1) is 8.04. The van der Waals surface area contributed by atoms with Crippen LogP contribution in [0.3, 0.4) is 0 Å². The van der Waals surface area contributed by atoms with Gasteiger partial charge < -0.3 is 15.0 Å². The summed E-state index contributed by atoms with van der Waals surface area (Å²) in [5.41, 5.74) is 0. The minimum absolute atomic E-state index is 0.496. The van der Waals surface area contributed by atoms with Crippen molar-refractivity contribution < 1.29 is 4.74 Å². The highest BCUT2D eigenvalue weighted by molar-refractivity contribution is 4.82. The molecule has 0 aromatic heterocycles. The van der Waals surface area contributed by atoms with Crippen LogP contribution in [0.25, 0.3) is 0 Å². The van der Waals surface area contributed by atoms with Crippen LogP contribution in [0.4, 0.5) is 0 Å². The molecule has 1 rings (SSSR count). The van der Waals surface area contributed by atoms with Crippen LogP contribution in [-0.4, -0.2) is 49.8 Å². The Labute approximate surface area is 107 Å². The molecule has 1 aliphatic rings. The van der Waals surface area contributed by atoms with Crippen molar-refractivity contribution in [1.29, 1.82) is 0 Å². The molecular formula is C14H30N2O. The summed E-state index contributed by atoms with van der Waals surface area (Å²) in [6.45, 7) is 12.4. The van der Waals surface area contributed by atoms with Crippen LogP contribution in [0.15, 0.2) is 0 Å². The molecule has 1 saturated heterocycles. The van der Waals surface area contributed by atoms with E-state index < -0.39 is 0 Å². The second kappa shape index (κ2) is 7.34. The van der Waals surface area contributed by atoms with Crippen molar-refractivity contribution in [3.05, 3.63) is 0 Å². The normalized spacial score (nSPS) is 21.4. The van der Waals surface area contributed by atoms with Gasteiger partial charge in [-0.2, -0.15) is 0 Å². The Hall–Kier alpha value is -0.120. The van der Waals surface area contributed by atoms with E-state index in [1.165, 1.54) is 25.9 Å². The molecule has 102 valence electrons. The summed E-state index contributed by atoms with van der Waals surface area (Å²) in [7, 11) is 1.79. The van der Waals surface area contributed by atoms with E-state index in [2.05, 4.69) is 37.9 Å². The molecule has 1 atom stereocenters. The van der Waals surface area contributed by atoms with Crippen molar-refractivity contribution in [1.82, 2.24) is 10.2 Å². The molecule has 0 aromatic rings. The predicted molar refractivity (Wildman–Crippen MR) is 73.4 cm³/mol. The van der Waals surface area contributed by atoms with Crippen LogP contribution in [0.5, 0.6) is 0 Å². The number of nitrogens with one attached hydrogen (secondary N) is 1. The predicted octanol–water partition coefficient (Wildman–Crippen LogP) is 2.12. The molecule has 17 heavy (non-hydrogen) atoms. The van der Waals surface area contributed by atoms with Crippen LogP contribution in [0, 0.1) is 5.92 Å². The summed E-state index contributed by atoms with van der Waals surface area (Å²) in [5.74, 6) is 0.637. The van der Waals surface area contributed by atoms with Crippen molar-refractivity contribution in [2.75, 3.05) is 26.8 Å². The van der Waals surface area contributed by atoms with E-state index in [0.29, 0.717) is 24.0 Å². The van der Waals surface area contributed by atoms with E-state index in [1.54, 1.807) is 7.11 Å². The first kappa shape index (κ1) is 14.9. The van der Waals surface area contributed by atoms with Gasteiger partial charge in [-0.1, -0.05) is 13.8 Å². The summed E-state index contributed by atoms with van der Waals surface area (Å²) in [5, 5.41) is 3.76. The fourth-order valence-electron chi connectivity index (χ4n) is 2.50. The molecule has 1 heterocycles. The van der Waals surface area contributed by atoms with E-state index >= 15 is 0 Å². The minimum atomic E-state index is 0.496. The van der Waals surface area contributed by atoms with E-state index in [4.69, 9.17) is 4.74 Å². The smallest absolute Gasteiger partial charge is 0.0618 e. The largest absolute Gasteiger partial charge is 0.383 e. The molecule has 0 saturated carbocycles. The third-order valence-electron chi connectivity index (χ3n) is 3.86. The maximum Gasteiger partial charge on any atom is 0.0618 e. The summed E-state index contributed by atoms with van der Waals surface area (Å²) in [6, 6.07) is 1.86. The lowest BCUT2D eigenvalue weighted by molar-refractivity contribution is 0.116. The van der Waals surface area contributed by atoms with Crippen molar-refractivity contribution in [3.63, 3.8) is 0 Å². The lowest BCUT2D eigenvalue weighted by Crippen LogP contribution is -2.50. The van der Waals surface area contributed by atoms with Gasteiger partial charge in [0.25, 0.3) is 0 Å². The number of piperidine rings is 1. The molecular weight excluding hydrogens is 212 g/mol. The molecule has 3 heteroatoms. The highest BCUT2D eigenvalue weighted by Crippen LogP contribution is 2.15. The fourth-order valence-corrected chi connectivity index (χ4v) is 2.50. The first-order valence-electron chi connectivity index (χ1n) is 7.03. The third-order valence-corrected chi connectivity index (χ3v) is 3.86. The lowest BCUT2D eigenvalue weighted by atomic mass is 9.99. The summed E-state index contributed by atoms with van der Waals surface area (Å²) in [4.78, 5) is 2.57. The molecule has 0 aliphatic carbocycles. The molecule has 0 aromatic carbocycles. The average molecular weight is 242 g/mol. The zero-order valence-corrected chi connectivity index (χ0v) is 12.2. The Morgan fingerprint density at radius 1 is 1.18 bits per heavy atom. The van der Waals surface area contributed by atoms with E-state index in [9.17, 15) is 0 Å². The Morgan fingerprint density at radius 3 is 2.18 bits per heavy atom. The van der Waals surface area contributed by atoms with Crippen molar-refractivity contribution in [2.45, 2.75) is 58.7 Å². The number of likely N-dealkylation sites (tertiary alicyclic amines) is 1. The number of ether oxygens (including phenoxy) is 1. The fraction of sp³-hybridized carbons (Fsp3) is 1.00. The summed E-state index contributed by atoms with van der Waals surface area (Å²) < 4.78 is 5.29. The van der Waals surface area contributed by atoms with Gasteiger partial charge in [0.2, 0.25) is 0 Å². The van der Waals surface area contributed by atoms with Crippen LogP contribution in [0.2, 0.25) is 0 Å². The van der Waals surface area contributed by atoms with Crippen LogP contribution in [0.1, 0.15) is 40.5 Å². The van der Waals surface area contributed by atoms with Gasteiger partial charge in [0.15, 0.2) is 0 Å². The second-order valence-electron chi connectivity index (χ2n) is 5.88. The zero-order valence-electron chi connectivity index (χ0n) is 12.2. The van der Waals surface area contributed by atoms with E-state index in [1.807, 2.05) is 0 Å². The van der Waals surface area contributed by atoms with Crippen LogP contribution < -0.4 is 5.32 Å². The van der Waals surface area contributed by atoms with Gasteiger partial charge in [-0.15, -0.1) is 0 Å². The molecule has 0 spiro atoms. The molecule has 3 nitrogen and oxygen atoms in total.